The summed E-state index contributed by atoms with van der Waals surface area (Å²) in [5.74, 6) is 0. The van der Waals surface area contributed by atoms with E-state index in [1.54, 1.807) is 0 Å². The third-order valence-electron chi connectivity index (χ3n) is 4.88. The first-order valence-corrected chi connectivity index (χ1v) is 11.4. The van der Waals surface area contributed by atoms with Gasteiger partial charge in [-0.2, -0.15) is 0 Å². The molecule has 0 atom stereocenters. The van der Waals surface area contributed by atoms with Crippen molar-refractivity contribution < 1.29 is 0 Å². The zero-order chi connectivity index (χ0) is 19.0. The van der Waals surface area contributed by atoms with Crippen LogP contribution in [0, 0.1) is 0 Å². The van der Waals surface area contributed by atoms with E-state index in [-0.39, 0.29) is 0 Å². The van der Waals surface area contributed by atoms with Gasteiger partial charge in [-0.3, -0.25) is 0 Å². The molecule has 26 heavy (non-hydrogen) atoms. The molecular formula is C26H46. The fraction of sp³-hybridized carbons (Fsp3) is 0.692. The highest BCUT2D eigenvalue weighted by molar-refractivity contribution is 4.82. The molecule has 0 N–H and O–H groups in total. The molecule has 0 aliphatic heterocycles. The minimum Gasteiger partial charge on any atom is -0.103 e. The van der Waals surface area contributed by atoms with Crippen molar-refractivity contribution in [1.82, 2.24) is 0 Å². The van der Waals surface area contributed by atoms with Gasteiger partial charge >= 0.3 is 0 Å². The van der Waals surface area contributed by atoms with Crippen molar-refractivity contribution in [2.75, 3.05) is 0 Å². The second kappa shape index (κ2) is 24.0. The van der Waals surface area contributed by atoms with Gasteiger partial charge in [-0.25, -0.2) is 0 Å². The third-order valence-corrected chi connectivity index (χ3v) is 4.88. The average molecular weight is 359 g/mol. The van der Waals surface area contributed by atoms with E-state index in [2.05, 4.69) is 37.5 Å². The van der Waals surface area contributed by atoms with Crippen LogP contribution in [0.1, 0.15) is 116 Å². The Balaban J connectivity index is 3.14. The summed E-state index contributed by atoms with van der Waals surface area (Å²) in [5.41, 5.74) is 0. The summed E-state index contributed by atoms with van der Waals surface area (Å²) in [6.45, 7) is 7.54. The highest BCUT2D eigenvalue weighted by Crippen LogP contribution is 2.10. The lowest BCUT2D eigenvalue weighted by atomic mass is 10.1. The Morgan fingerprint density at radius 3 is 0.769 bits per heavy atom. The predicted molar refractivity (Wildman–Crippen MR) is 122 cm³/mol. The zero-order valence-corrected chi connectivity index (χ0v) is 17.6. The third kappa shape index (κ3) is 23.0. The lowest BCUT2D eigenvalue weighted by Crippen LogP contribution is -1.79. The van der Waals surface area contributed by atoms with Gasteiger partial charge in [0.1, 0.15) is 0 Å². The maximum atomic E-state index is 3.77. The molecule has 0 aromatic carbocycles. The van der Waals surface area contributed by atoms with Crippen LogP contribution in [0.4, 0.5) is 0 Å². The monoisotopic (exact) mass is 358 g/mol. The normalized spacial score (nSPS) is 11.5. The van der Waals surface area contributed by atoms with Crippen molar-refractivity contribution in [3.63, 3.8) is 0 Å². The fourth-order valence-corrected chi connectivity index (χ4v) is 3.16. The van der Waals surface area contributed by atoms with Gasteiger partial charge in [0.25, 0.3) is 0 Å². The standard InChI is InChI=1S/C26H46/c1-3-5-7-9-11-13-15-17-19-21-23-25-26-24-22-20-18-16-14-12-10-8-6-4-2/h3-4,17-20H,1-2,5-16,21-26H2. The molecule has 0 bridgehead atoms. The number of hydrogen-bond donors (Lipinski definition) is 0. The predicted octanol–water partition coefficient (Wildman–Crippen LogP) is 9.49. The Labute approximate surface area is 165 Å². The minimum absolute atomic E-state index is 1.18. The topological polar surface area (TPSA) is 0 Å². The van der Waals surface area contributed by atoms with Crippen LogP contribution in [0.25, 0.3) is 0 Å². The van der Waals surface area contributed by atoms with Gasteiger partial charge in [0.15, 0.2) is 0 Å². The largest absolute Gasteiger partial charge is 0.103 e. The Hall–Kier alpha value is -1.04. The van der Waals surface area contributed by atoms with Crippen LogP contribution < -0.4 is 0 Å². The van der Waals surface area contributed by atoms with Gasteiger partial charge in [0, 0.05) is 0 Å². The van der Waals surface area contributed by atoms with Gasteiger partial charge in [-0.1, -0.05) is 75.0 Å². The molecule has 0 nitrogen and oxygen atoms in total. The highest BCUT2D eigenvalue weighted by Gasteiger charge is 1.90. The van der Waals surface area contributed by atoms with Gasteiger partial charge in [0.05, 0.1) is 0 Å². The fourth-order valence-electron chi connectivity index (χ4n) is 3.16. The zero-order valence-electron chi connectivity index (χ0n) is 17.6. The summed E-state index contributed by atoms with van der Waals surface area (Å²) in [7, 11) is 0. The first-order chi connectivity index (χ1) is 12.9. The van der Waals surface area contributed by atoms with Crippen LogP contribution in [0.3, 0.4) is 0 Å². The molecule has 0 amide bonds. The van der Waals surface area contributed by atoms with Gasteiger partial charge < -0.3 is 0 Å². The van der Waals surface area contributed by atoms with Crippen molar-refractivity contribution in [1.29, 1.82) is 0 Å². The molecular weight excluding hydrogens is 312 g/mol. The lowest BCUT2D eigenvalue weighted by molar-refractivity contribution is 0.642. The van der Waals surface area contributed by atoms with Crippen LogP contribution in [0.15, 0.2) is 49.6 Å². The summed E-state index contributed by atoms with van der Waals surface area (Å²) >= 11 is 0. The number of rotatable bonds is 21. The van der Waals surface area contributed by atoms with Crippen molar-refractivity contribution in [3.8, 4) is 0 Å². The van der Waals surface area contributed by atoms with E-state index in [0.717, 1.165) is 0 Å². The molecule has 0 unspecified atom stereocenters. The van der Waals surface area contributed by atoms with Crippen LogP contribution in [-0.4, -0.2) is 0 Å². The van der Waals surface area contributed by atoms with Crippen LogP contribution in [-0.2, 0) is 0 Å². The van der Waals surface area contributed by atoms with Crippen molar-refractivity contribution in [2.45, 2.75) is 116 Å². The Morgan fingerprint density at radius 2 is 0.538 bits per heavy atom. The van der Waals surface area contributed by atoms with E-state index < -0.39 is 0 Å². The molecule has 0 heterocycles. The van der Waals surface area contributed by atoms with Crippen LogP contribution in [0.5, 0.6) is 0 Å². The molecule has 0 saturated heterocycles. The first-order valence-electron chi connectivity index (χ1n) is 11.4. The second-order valence-corrected chi connectivity index (χ2v) is 7.49. The van der Waals surface area contributed by atoms with Gasteiger partial charge in [-0.05, 0) is 77.0 Å². The Bertz CT molecular complexity index is 300. The van der Waals surface area contributed by atoms with Crippen LogP contribution in [0.2, 0.25) is 0 Å². The summed E-state index contributed by atoms with van der Waals surface area (Å²) in [5, 5.41) is 0. The van der Waals surface area contributed by atoms with E-state index >= 15 is 0 Å². The lowest BCUT2D eigenvalue weighted by Gasteiger charge is -1.98. The molecule has 150 valence electrons. The first kappa shape index (κ1) is 25.0. The molecule has 0 aromatic rings. The minimum atomic E-state index is 1.18. The highest BCUT2D eigenvalue weighted by atomic mass is 14.0. The van der Waals surface area contributed by atoms with Crippen LogP contribution >= 0.6 is 0 Å². The molecule has 0 aliphatic rings. The Kier molecular flexibility index (Phi) is 23.0. The van der Waals surface area contributed by atoms with Crippen molar-refractivity contribution in [2.24, 2.45) is 0 Å². The SMILES string of the molecule is C=CCCCCCCC=CCCCCCCC=CCCCCCCC=C. The molecule has 0 rings (SSSR count). The summed E-state index contributed by atoms with van der Waals surface area (Å²) < 4.78 is 0. The second-order valence-electron chi connectivity index (χ2n) is 7.49. The molecule has 0 spiro atoms. The van der Waals surface area contributed by atoms with Gasteiger partial charge in [-0.15, -0.1) is 13.2 Å². The maximum Gasteiger partial charge on any atom is -0.0351 e. The van der Waals surface area contributed by atoms with E-state index in [0.29, 0.717) is 0 Å². The summed E-state index contributed by atoms with van der Waals surface area (Å²) in [6, 6.07) is 0. The molecule has 0 aromatic heterocycles. The van der Waals surface area contributed by atoms with E-state index in [9.17, 15) is 0 Å². The quantitative estimate of drug-likeness (QED) is 0.141. The molecule has 0 radical (unpaired) electrons. The molecule has 0 heteroatoms. The Morgan fingerprint density at radius 1 is 0.308 bits per heavy atom. The summed E-state index contributed by atoms with van der Waals surface area (Å²) in [6.07, 6.45) is 37.5. The molecule has 0 aliphatic carbocycles. The number of allylic oxidation sites excluding steroid dienone is 6. The van der Waals surface area contributed by atoms with Crippen molar-refractivity contribution >= 4 is 0 Å². The number of unbranched alkanes of at least 4 members (excludes halogenated alkanes) is 15. The van der Waals surface area contributed by atoms with E-state index in [4.69, 9.17) is 0 Å². The summed E-state index contributed by atoms with van der Waals surface area (Å²) in [4.78, 5) is 0. The molecule has 0 fully saturated rings. The van der Waals surface area contributed by atoms with E-state index in [1.165, 1.54) is 116 Å². The molecule has 0 saturated carbocycles. The maximum absolute atomic E-state index is 3.77. The van der Waals surface area contributed by atoms with E-state index in [1.807, 2.05) is 12.2 Å². The number of hydrogen-bond acceptors (Lipinski definition) is 0. The van der Waals surface area contributed by atoms with Crippen molar-refractivity contribution in [3.05, 3.63) is 49.6 Å². The van der Waals surface area contributed by atoms with Gasteiger partial charge in [0.2, 0.25) is 0 Å². The average Bonchev–Trinajstić information content (AvgIpc) is 2.66. The smallest absolute Gasteiger partial charge is 0.0351 e.